The molecule has 3 N–H and O–H groups in total. The Hall–Kier alpha value is -2.99. The Kier molecular flexibility index (Phi) is 4.14. The normalized spacial score (nSPS) is 26.1. The molecule has 2 aromatic heterocycles. The topological polar surface area (TPSA) is 211 Å². The molecule has 4 atom stereocenters. The molecule has 0 saturated carbocycles. The molecule has 3 heterocycles. The van der Waals surface area contributed by atoms with Gasteiger partial charge in [-0.25, -0.2) is 15.0 Å². The van der Waals surface area contributed by atoms with Crippen LogP contribution in [0.5, 0.6) is 0 Å². The number of aliphatic hydroxyl groups excluding tert-OH is 3. The molecule has 1 aliphatic heterocycles. The highest BCUT2D eigenvalue weighted by molar-refractivity contribution is 5.82. The summed E-state index contributed by atoms with van der Waals surface area (Å²) in [6.07, 6.45) is -3.53. The zero-order valence-corrected chi connectivity index (χ0v) is 11.8. The van der Waals surface area contributed by atoms with Crippen molar-refractivity contribution in [2.45, 2.75) is 24.5 Å². The average Bonchev–Trinajstić information content (AvgIpc) is 3.10. The largest absolute Gasteiger partial charge is 0.394 e. The van der Waals surface area contributed by atoms with Gasteiger partial charge in [-0.1, -0.05) is 0 Å². The standard InChI is InChI=1S/C10H10N10O4/c11-18-16-7-4-8(15-10(14-7)17-19-12)20(2-13-4)9-6(23)5(22)3(1-21)24-9/h2-3,5-6,9,21-23H,1H2/t3-,5-,6-,9-/m1/s1. The summed E-state index contributed by atoms with van der Waals surface area (Å²) in [5, 5.41) is 35.7. The minimum absolute atomic E-state index is 0.0599. The quantitative estimate of drug-likeness (QED) is 0.404. The molecule has 24 heavy (non-hydrogen) atoms. The van der Waals surface area contributed by atoms with Gasteiger partial charge in [-0.15, -0.1) is 0 Å². The molecule has 1 fully saturated rings. The summed E-state index contributed by atoms with van der Waals surface area (Å²) < 4.78 is 6.65. The van der Waals surface area contributed by atoms with Crippen molar-refractivity contribution in [3.8, 4) is 0 Å². The number of aromatic nitrogens is 4. The zero-order chi connectivity index (χ0) is 17.3. The lowest BCUT2D eigenvalue weighted by Gasteiger charge is -2.16. The van der Waals surface area contributed by atoms with E-state index in [4.69, 9.17) is 20.9 Å². The van der Waals surface area contributed by atoms with Crippen LogP contribution in [-0.2, 0) is 4.74 Å². The number of imidazole rings is 1. The molecular formula is C10H10N10O4. The Morgan fingerprint density at radius 2 is 1.96 bits per heavy atom. The van der Waals surface area contributed by atoms with Gasteiger partial charge in [0.05, 0.1) is 12.9 Å². The number of aliphatic hydroxyl groups is 3. The van der Waals surface area contributed by atoms with E-state index in [1.165, 1.54) is 10.9 Å². The molecule has 1 aliphatic rings. The predicted octanol–water partition coefficient (Wildman–Crippen LogP) is 0.321. The minimum Gasteiger partial charge on any atom is -0.394 e. The molecule has 0 amide bonds. The smallest absolute Gasteiger partial charge is 0.219 e. The average molecular weight is 334 g/mol. The van der Waals surface area contributed by atoms with Gasteiger partial charge in [-0.2, -0.15) is 0 Å². The lowest BCUT2D eigenvalue weighted by Crippen LogP contribution is -2.33. The molecule has 14 heteroatoms. The van der Waals surface area contributed by atoms with Gasteiger partial charge in [0.2, 0.25) is 5.95 Å². The SMILES string of the molecule is [N-]=[N+]=Nc1nc(N=[N+]=[N-])c2ncn([C@@H]3O[C@H](CO)[C@@H](O)[C@H]3O)c2n1. The maximum absolute atomic E-state index is 10.1. The Morgan fingerprint density at radius 3 is 2.58 bits per heavy atom. The molecule has 2 aromatic rings. The number of ether oxygens (including phenoxy) is 1. The Balaban J connectivity index is 2.16. The molecule has 0 spiro atoms. The number of azide groups is 2. The van der Waals surface area contributed by atoms with Gasteiger partial charge in [0.15, 0.2) is 17.7 Å². The van der Waals surface area contributed by atoms with Crippen molar-refractivity contribution in [3.05, 3.63) is 27.2 Å². The molecule has 0 unspecified atom stereocenters. The Bertz CT molecular complexity index is 870. The number of nitrogens with zero attached hydrogens (tertiary/aromatic N) is 10. The van der Waals surface area contributed by atoms with Gasteiger partial charge >= 0.3 is 0 Å². The Morgan fingerprint density at radius 1 is 1.21 bits per heavy atom. The van der Waals surface area contributed by atoms with Gasteiger partial charge in [0.1, 0.15) is 23.8 Å². The fourth-order valence-corrected chi connectivity index (χ4v) is 2.38. The molecule has 1 saturated heterocycles. The summed E-state index contributed by atoms with van der Waals surface area (Å²) in [4.78, 5) is 16.9. The van der Waals surface area contributed by atoms with Crippen LogP contribution in [0.2, 0.25) is 0 Å². The van der Waals surface area contributed by atoms with E-state index in [0.29, 0.717) is 0 Å². The van der Waals surface area contributed by atoms with Crippen LogP contribution in [0.25, 0.3) is 32.0 Å². The Labute approximate surface area is 132 Å². The van der Waals surface area contributed by atoms with Gasteiger partial charge < -0.3 is 20.1 Å². The second-order valence-electron chi connectivity index (χ2n) is 4.78. The second kappa shape index (κ2) is 6.25. The van der Waals surface area contributed by atoms with E-state index in [1.807, 2.05) is 0 Å². The van der Waals surface area contributed by atoms with E-state index in [9.17, 15) is 10.2 Å². The maximum Gasteiger partial charge on any atom is 0.219 e. The lowest BCUT2D eigenvalue weighted by atomic mass is 10.1. The second-order valence-corrected chi connectivity index (χ2v) is 4.78. The van der Waals surface area contributed by atoms with Crippen molar-refractivity contribution in [2.24, 2.45) is 10.2 Å². The van der Waals surface area contributed by atoms with E-state index in [-0.39, 0.29) is 22.9 Å². The van der Waals surface area contributed by atoms with Crippen molar-refractivity contribution in [2.75, 3.05) is 6.61 Å². The molecule has 14 nitrogen and oxygen atoms in total. The number of rotatable bonds is 4. The zero-order valence-electron chi connectivity index (χ0n) is 11.8. The first-order valence-electron chi connectivity index (χ1n) is 6.58. The number of hydrogen-bond acceptors (Lipinski definition) is 9. The van der Waals surface area contributed by atoms with Crippen molar-refractivity contribution >= 4 is 22.9 Å². The summed E-state index contributed by atoms with van der Waals surface area (Å²) in [6.45, 7) is -0.496. The van der Waals surface area contributed by atoms with Crippen molar-refractivity contribution in [1.29, 1.82) is 0 Å². The number of hydrogen-bond donors (Lipinski definition) is 3. The minimum atomic E-state index is -1.36. The van der Waals surface area contributed by atoms with Crippen LogP contribution in [0.15, 0.2) is 16.6 Å². The third kappa shape index (κ3) is 2.47. The maximum atomic E-state index is 10.1. The van der Waals surface area contributed by atoms with Gasteiger partial charge in [-0.05, 0) is 21.3 Å². The van der Waals surface area contributed by atoms with E-state index >= 15 is 0 Å². The highest BCUT2D eigenvalue weighted by Crippen LogP contribution is 2.33. The molecular weight excluding hydrogens is 324 g/mol. The van der Waals surface area contributed by atoms with E-state index < -0.39 is 31.1 Å². The monoisotopic (exact) mass is 334 g/mol. The summed E-state index contributed by atoms with van der Waals surface area (Å²) in [5.41, 5.74) is 17.3. The fraction of sp³-hybridized carbons (Fsp3) is 0.500. The first-order chi connectivity index (χ1) is 11.6. The highest BCUT2D eigenvalue weighted by Gasteiger charge is 2.44. The molecule has 0 radical (unpaired) electrons. The predicted molar refractivity (Wildman–Crippen MR) is 75.9 cm³/mol. The van der Waals surface area contributed by atoms with Crippen LogP contribution in [0.3, 0.4) is 0 Å². The van der Waals surface area contributed by atoms with Crippen LogP contribution in [0.1, 0.15) is 6.23 Å². The number of fused-ring (bicyclic) bond motifs is 1. The summed E-state index contributed by atoms with van der Waals surface area (Å²) in [6, 6.07) is 0. The summed E-state index contributed by atoms with van der Waals surface area (Å²) in [7, 11) is 0. The third-order valence-corrected chi connectivity index (χ3v) is 3.46. The van der Waals surface area contributed by atoms with Crippen molar-refractivity contribution in [3.63, 3.8) is 0 Å². The fourth-order valence-electron chi connectivity index (χ4n) is 2.38. The first kappa shape index (κ1) is 15.9. The molecule has 0 aromatic carbocycles. The van der Waals surface area contributed by atoms with Crippen LogP contribution in [0.4, 0.5) is 11.8 Å². The van der Waals surface area contributed by atoms with Crippen LogP contribution in [0, 0.1) is 0 Å². The summed E-state index contributed by atoms with van der Waals surface area (Å²) in [5.74, 6) is -0.490. The molecule has 0 bridgehead atoms. The third-order valence-electron chi connectivity index (χ3n) is 3.46. The molecule has 0 aliphatic carbocycles. The highest BCUT2D eigenvalue weighted by atomic mass is 16.6. The van der Waals surface area contributed by atoms with Crippen molar-refractivity contribution in [1.82, 2.24) is 19.5 Å². The van der Waals surface area contributed by atoms with Crippen LogP contribution >= 0.6 is 0 Å². The van der Waals surface area contributed by atoms with E-state index in [1.54, 1.807) is 0 Å². The van der Waals surface area contributed by atoms with Crippen LogP contribution < -0.4 is 0 Å². The summed E-state index contributed by atoms with van der Waals surface area (Å²) >= 11 is 0. The van der Waals surface area contributed by atoms with Crippen LogP contribution in [-0.4, -0.2) is 59.8 Å². The first-order valence-corrected chi connectivity index (χ1v) is 6.58. The van der Waals surface area contributed by atoms with Gasteiger partial charge in [0, 0.05) is 9.82 Å². The molecule has 3 rings (SSSR count). The lowest BCUT2D eigenvalue weighted by molar-refractivity contribution is -0.0511. The van der Waals surface area contributed by atoms with Gasteiger partial charge in [0.25, 0.3) is 0 Å². The molecule has 124 valence electrons. The van der Waals surface area contributed by atoms with Crippen molar-refractivity contribution < 1.29 is 20.1 Å². The van der Waals surface area contributed by atoms with E-state index in [0.717, 1.165) is 0 Å². The van der Waals surface area contributed by atoms with E-state index in [2.05, 4.69) is 35.0 Å². The van der Waals surface area contributed by atoms with Gasteiger partial charge in [-0.3, -0.25) is 4.57 Å².